The lowest BCUT2D eigenvalue weighted by Crippen LogP contribution is -2.40. The molecule has 0 unspecified atom stereocenters. The second-order valence-corrected chi connectivity index (χ2v) is 4.20. The Morgan fingerprint density at radius 1 is 1.47 bits per heavy atom. The van der Waals surface area contributed by atoms with Crippen LogP contribution in [0.2, 0.25) is 0 Å². The highest BCUT2D eigenvalue weighted by atomic mass is 16.3. The molecular weight excluding hydrogens is 196 g/mol. The lowest BCUT2D eigenvalue weighted by Gasteiger charge is -2.20. The molecule has 2 heterocycles. The molecule has 0 aromatic heterocycles. The highest BCUT2D eigenvalue weighted by Crippen LogP contribution is 2.12. The van der Waals surface area contributed by atoms with E-state index in [0.29, 0.717) is 32.5 Å². The number of hydrogen-bond acceptors (Lipinski definition) is 3. The van der Waals surface area contributed by atoms with Crippen molar-refractivity contribution in [2.45, 2.75) is 25.4 Å². The second kappa shape index (κ2) is 4.18. The minimum atomic E-state index is -0.386. The predicted molar refractivity (Wildman–Crippen MR) is 53.0 cm³/mol. The first kappa shape index (κ1) is 10.4. The Balaban J connectivity index is 1.84. The van der Waals surface area contributed by atoms with Gasteiger partial charge in [-0.1, -0.05) is 0 Å². The van der Waals surface area contributed by atoms with Crippen LogP contribution in [0.1, 0.15) is 19.3 Å². The van der Waals surface area contributed by atoms with Crippen LogP contribution in [-0.4, -0.2) is 59.0 Å². The number of likely N-dealkylation sites (tertiary alicyclic amines) is 2. The molecule has 84 valence electrons. The first-order valence-electron chi connectivity index (χ1n) is 5.40. The number of carbonyl (C=O) groups is 2. The minimum Gasteiger partial charge on any atom is -0.391 e. The lowest BCUT2D eigenvalue weighted by molar-refractivity contribution is -0.137. The number of β-amino-alcohol motifs (C(OH)–C–C–N with tert-alkyl or cyclic N) is 1. The van der Waals surface area contributed by atoms with Crippen LogP contribution in [0.3, 0.4) is 0 Å². The summed E-state index contributed by atoms with van der Waals surface area (Å²) >= 11 is 0. The van der Waals surface area contributed by atoms with E-state index in [-0.39, 0.29) is 24.5 Å². The zero-order valence-electron chi connectivity index (χ0n) is 8.69. The van der Waals surface area contributed by atoms with Crippen molar-refractivity contribution in [1.29, 1.82) is 0 Å². The van der Waals surface area contributed by atoms with Gasteiger partial charge in [-0.05, 0) is 12.8 Å². The molecular formula is C10H16N2O3. The first-order chi connectivity index (χ1) is 7.16. The summed E-state index contributed by atoms with van der Waals surface area (Å²) in [7, 11) is 0. The standard InChI is InChI=1S/C10H16N2O3/c13-8-3-5-12(6-8)10(15)7-11-4-1-2-9(11)14/h8,13H,1-7H2/t8-/m0/s1. The fraction of sp³-hybridized carbons (Fsp3) is 0.800. The number of aliphatic hydroxyl groups excluding tert-OH is 1. The van der Waals surface area contributed by atoms with Crippen molar-refractivity contribution in [3.8, 4) is 0 Å². The summed E-state index contributed by atoms with van der Waals surface area (Å²) in [5.74, 6) is 0.0323. The molecule has 2 aliphatic rings. The smallest absolute Gasteiger partial charge is 0.242 e. The van der Waals surface area contributed by atoms with E-state index in [1.165, 1.54) is 0 Å². The van der Waals surface area contributed by atoms with Crippen molar-refractivity contribution in [2.75, 3.05) is 26.2 Å². The number of carbonyl (C=O) groups excluding carboxylic acids is 2. The zero-order chi connectivity index (χ0) is 10.8. The Hall–Kier alpha value is -1.10. The molecule has 2 fully saturated rings. The maximum absolute atomic E-state index is 11.7. The van der Waals surface area contributed by atoms with Crippen molar-refractivity contribution in [1.82, 2.24) is 9.80 Å². The van der Waals surface area contributed by atoms with Crippen LogP contribution in [0.4, 0.5) is 0 Å². The van der Waals surface area contributed by atoms with E-state index in [1.54, 1.807) is 9.80 Å². The van der Waals surface area contributed by atoms with Crippen LogP contribution in [0.15, 0.2) is 0 Å². The van der Waals surface area contributed by atoms with E-state index in [4.69, 9.17) is 0 Å². The van der Waals surface area contributed by atoms with Crippen molar-refractivity contribution in [3.63, 3.8) is 0 Å². The average Bonchev–Trinajstić information content (AvgIpc) is 2.77. The molecule has 5 nitrogen and oxygen atoms in total. The van der Waals surface area contributed by atoms with E-state index in [2.05, 4.69) is 0 Å². The van der Waals surface area contributed by atoms with E-state index in [1.807, 2.05) is 0 Å². The molecule has 5 heteroatoms. The quantitative estimate of drug-likeness (QED) is 0.652. The fourth-order valence-electron chi connectivity index (χ4n) is 2.10. The van der Waals surface area contributed by atoms with Gasteiger partial charge in [-0.25, -0.2) is 0 Å². The molecule has 2 rings (SSSR count). The van der Waals surface area contributed by atoms with Crippen molar-refractivity contribution >= 4 is 11.8 Å². The van der Waals surface area contributed by atoms with Crippen LogP contribution in [0.5, 0.6) is 0 Å². The molecule has 2 amide bonds. The molecule has 1 atom stereocenters. The highest BCUT2D eigenvalue weighted by molar-refractivity contribution is 5.86. The summed E-state index contributed by atoms with van der Waals surface area (Å²) in [5.41, 5.74) is 0. The number of nitrogens with zero attached hydrogens (tertiary/aromatic N) is 2. The fourth-order valence-corrected chi connectivity index (χ4v) is 2.10. The first-order valence-corrected chi connectivity index (χ1v) is 5.40. The van der Waals surface area contributed by atoms with Crippen molar-refractivity contribution in [2.24, 2.45) is 0 Å². The number of hydrogen-bond donors (Lipinski definition) is 1. The van der Waals surface area contributed by atoms with Gasteiger partial charge in [0, 0.05) is 26.1 Å². The second-order valence-electron chi connectivity index (χ2n) is 4.20. The number of rotatable bonds is 2. The van der Waals surface area contributed by atoms with E-state index in [9.17, 15) is 14.7 Å². The Bertz CT molecular complexity index is 280. The van der Waals surface area contributed by atoms with Crippen molar-refractivity contribution in [3.05, 3.63) is 0 Å². The SMILES string of the molecule is O=C1CCCN1CC(=O)N1CC[C@H](O)C1. The van der Waals surface area contributed by atoms with E-state index in [0.717, 1.165) is 6.42 Å². The Labute approximate surface area is 88.6 Å². The third-order valence-electron chi connectivity index (χ3n) is 3.01. The normalized spacial score (nSPS) is 26.5. The van der Waals surface area contributed by atoms with Gasteiger partial charge in [0.1, 0.15) is 0 Å². The molecule has 0 spiro atoms. The topological polar surface area (TPSA) is 60.9 Å². The summed E-state index contributed by atoms with van der Waals surface area (Å²) in [5, 5.41) is 9.29. The van der Waals surface area contributed by atoms with E-state index >= 15 is 0 Å². The molecule has 0 aromatic rings. The van der Waals surface area contributed by atoms with Gasteiger partial charge in [0.05, 0.1) is 12.6 Å². The molecule has 0 bridgehead atoms. The van der Waals surface area contributed by atoms with Crippen LogP contribution < -0.4 is 0 Å². The maximum Gasteiger partial charge on any atom is 0.242 e. The third kappa shape index (κ3) is 2.28. The van der Waals surface area contributed by atoms with Gasteiger partial charge >= 0.3 is 0 Å². The van der Waals surface area contributed by atoms with Gasteiger partial charge in [-0.15, -0.1) is 0 Å². The molecule has 2 aliphatic heterocycles. The van der Waals surface area contributed by atoms with Crippen LogP contribution in [0, 0.1) is 0 Å². The van der Waals surface area contributed by atoms with Gasteiger partial charge in [-0.3, -0.25) is 9.59 Å². The maximum atomic E-state index is 11.7. The van der Waals surface area contributed by atoms with Crippen LogP contribution in [0.25, 0.3) is 0 Å². The minimum absolute atomic E-state index is 0.0400. The van der Waals surface area contributed by atoms with Gasteiger partial charge in [0.25, 0.3) is 0 Å². The Morgan fingerprint density at radius 2 is 2.27 bits per heavy atom. The molecule has 1 N–H and O–H groups in total. The van der Waals surface area contributed by atoms with Gasteiger partial charge in [0.15, 0.2) is 0 Å². The summed E-state index contributed by atoms with van der Waals surface area (Å²) < 4.78 is 0. The predicted octanol–water partition coefficient (Wildman–Crippen LogP) is -0.798. The number of aliphatic hydroxyl groups is 1. The summed E-state index contributed by atoms with van der Waals surface area (Å²) in [6.45, 7) is 1.91. The third-order valence-corrected chi connectivity index (χ3v) is 3.01. The highest BCUT2D eigenvalue weighted by Gasteiger charge is 2.28. The van der Waals surface area contributed by atoms with Crippen LogP contribution >= 0.6 is 0 Å². The van der Waals surface area contributed by atoms with Gasteiger partial charge in [-0.2, -0.15) is 0 Å². The van der Waals surface area contributed by atoms with E-state index < -0.39 is 0 Å². The summed E-state index contributed by atoms with van der Waals surface area (Å²) in [6.07, 6.45) is 1.69. The van der Waals surface area contributed by atoms with Crippen LogP contribution in [-0.2, 0) is 9.59 Å². The summed E-state index contributed by atoms with van der Waals surface area (Å²) in [4.78, 5) is 26.2. The monoisotopic (exact) mass is 212 g/mol. The number of amides is 2. The van der Waals surface area contributed by atoms with Crippen molar-refractivity contribution < 1.29 is 14.7 Å². The lowest BCUT2D eigenvalue weighted by atomic mass is 10.3. The molecule has 15 heavy (non-hydrogen) atoms. The molecule has 0 saturated carbocycles. The molecule has 0 radical (unpaired) electrons. The average molecular weight is 212 g/mol. The Morgan fingerprint density at radius 3 is 2.80 bits per heavy atom. The molecule has 2 saturated heterocycles. The largest absolute Gasteiger partial charge is 0.391 e. The zero-order valence-corrected chi connectivity index (χ0v) is 8.69. The Kier molecular flexibility index (Phi) is 2.90. The molecule has 0 aliphatic carbocycles. The summed E-state index contributed by atoms with van der Waals surface area (Å²) in [6, 6.07) is 0. The van der Waals surface area contributed by atoms with Gasteiger partial charge in [0.2, 0.25) is 11.8 Å². The molecule has 0 aromatic carbocycles. The van der Waals surface area contributed by atoms with Gasteiger partial charge < -0.3 is 14.9 Å².